The molecule has 0 aliphatic heterocycles. The number of nitrogens with one attached hydrogen (secondary N) is 1. The van der Waals surface area contributed by atoms with Gasteiger partial charge >= 0.3 is 0 Å². The number of benzene rings is 2. The van der Waals surface area contributed by atoms with Crippen molar-refractivity contribution >= 4 is 10.0 Å². The summed E-state index contributed by atoms with van der Waals surface area (Å²) in [5.41, 5.74) is 4.56. The highest BCUT2D eigenvalue weighted by molar-refractivity contribution is 7.89. The average Bonchev–Trinajstić information content (AvgIpc) is 3.03. The van der Waals surface area contributed by atoms with Crippen LogP contribution in [0.3, 0.4) is 0 Å². The topological polar surface area (TPSA) is 98.1 Å². The first-order valence-electron chi connectivity index (χ1n) is 7.22. The molecular formula is C17H17N3O3S. The van der Waals surface area contributed by atoms with E-state index in [0.717, 1.165) is 33.7 Å². The van der Waals surface area contributed by atoms with Gasteiger partial charge in [0.05, 0.1) is 23.9 Å². The quantitative estimate of drug-likeness (QED) is 0.761. The van der Waals surface area contributed by atoms with Crippen molar-refractivity contribution in [3.8, 4) is 28.1 Å². The summed E-state index contributed by atoms with van der Waals surface area (Å²) in [5.74, 6) is 0.821. The second kappa shape index (κ2) is 6.10. The Morgan fingerprint density at radius 1 is 1.08 bits per heavy atom. The van der Waals surface area contributed by atoms with E-state index in [1.165, 1.54) is 12.1 Å². The molecule has 0 aliphatic rings. The zero-order chi connectivity index (χ0) is 17.3. The number of hydrogen-bond acceptors (Lipinski definition) is 4. The molecule has 24 heavy (non-hydrogen) atoms. The highest BCUT2D eigenvalue weighted by atomic mass is 32.2. The zero-order valence-corrected chi connectivity index (χ0v) is 14.1. The lowest BCUT2D eigenvalue weighted by atomic mass is 10.00. The fourth-order valence-corrected chi connectivity index (χ4v) is 3.10. The van der Waals surface area contributed by atoms with Crippen molar-refractivity contribution in [2.24, 2.45) is 5.14 Å². The van der Waals surface area contributed by atoms with Gasteiger partial charge in [0, 0.05) is 11.1 Å². The molecule has 0 spiro atoms. The lowest BCUT2D eigenvalue weighted by Crippen LogP contribution is -2.11. The van der Waals surface area contributed by atoms with Crippen LogP contribution in [0.4, 0.5) is 0 Å². The van der Waals surface area contributed by atoms with Crippen molar-refractivity contribution in [1.29, 1.82) is 0 Å². The Labute approximate surface area is 140 Å². The summed E-state index contributed by atoms with van der Waals surface area (Å²) < 4.78 is 28.0. The molecule has 0 saturated carbocycles. The van der Waals surface area contributed by atoms with Crippen molar-refractivity contribution in [3.05, 3.63) is 54.2 Å². The normalized spacial score (nSPS) is 11.5. The highest BCUT2D eigenvalue weighted by Crippen LogP contribution is 2.32. The minimum Gasteiger partial charge on any atom is -0.496 e. The Morgan fingerprint density at radius 3 is 2.33 bits per heavy atom. The summed E-state index contributed by atoms with van der Waals surface area (Å²) in [6.07, 6.45) is 1.74. The fourth-order valence-electron chi connectivity index (χ4n) is 2.58. The number of methoxy groups -OCH3 is 1. The number of aromatic amines is 1. The van der Waals surface area contributed by atoms with E-state index < -0.39 is 10.0 Å². The molecule has 0 atom stereocenters. The van der Waals surface area contributed by atoms with Crippen LogP contribution in [-0.4, -0.2) is 25.7 Å². The van der Waals surface area contributed by atoms with Gasteiger partial charge in [0.15, 0.2) is 0 Å². The molecule has 0 radical (unpaired) electrons. The third kappa shape index (κ3) is 3.04. The van der Waals surface area contributed by atoms with Gasteiger partial charge in [-0.1, -0.05) is 18.2 Å². The van der Waals surface area contributed by atoms with Crippen LogP contribution in [0.1, 0.15) is 5.56 Å². The van der Waals surface area contributed by atoms with Crippen molar-refractivity contribution < 1.29 is 13.2 Å². The van der Waals surface area contributed by atoms with Gasteiger partial charge in [0.1, 0.15) is 5.75 Å². The molecule has 2 aromatic carbocycles. The van der Waals surface area contributed by atoms with Gasteiger partial charge in [-0.05, 0) is 42.3 Å². The van der Waals surface area contributed by atoms with Gasteiger partial charge in [0.2, 0.25) is 10.0 Å². The molecule has 3 N–H and O–H groups in total. The molecule has 3 aromatic rings. The van der Waals surface area contributed by atoms with Crippen molar-refractivity contribution in [2.45, 2.75) is 11.8 Å². The van der Waals surface area contributed by atoms with E-state index in [9.17, 15) is 8.42 Å². The number of primary sulfonamides is 1. The third-order valence-corrected chi connectivity index (χ3v) is 4.75. The van der Waals surface area contributed by atoms with Crippen LogP contribution >= 0.6 is 0 Å². The van der Waals surface area contributed by atoms with Crippen LogP contribution in [-0.2, 0) is 10.0 Å². The van der Waals surface area contributed by atoms with Crippen LogP contribution in [0, 0.1) is 6.92 Å². The molecule has 0 saturated heterocycles. The van der Waals surface area contributed by atoms with Crippen LogP contribution in [0.5, 0.6) is 5.75 Å². The Morgan fingerprint density at radius 2 is 1.75 bits per heavy atom. The molecule has 0 unspecified atom stereocenters. The van der Waals surface area contributed by atoms with E-state index in [2.05, 4.69) is 10.2 Å². The van der Waals surface area contributed by atoms with Gasteiger partial charge in [-0.2, -0.15) is 5.10 Å². The summed E-state index contributed by atoms with van der Waals surface area (Å²) in [5, 5.41) is 12.2. The van der Waals surface area contributed by atoms with Crippen LogP contribution in [0.25, 0.3) is 22.4 Å². The van der Waals surface area contributed by atoms with E-state index in [1.54, 1.807) is 25.4 Å². The van der Waals surface area contributed by atoms with Gasteiger partial charge in [-0.15, -0.1) is 0 Å². The van der Waals surface area contributed by atoms with Gasteiger partial charge in [-0.3, -0.25) is 5.10 Å². The molecule has 1 heterocycles. The number of rotatable bonds is 4. The summed E-state index contributed by atoms with van der Waals surface area (Å²) in [7, 11) is -2.07. The lowest BCUT2D eigenvalue weighted by Gasteiger charge is -2.08. The standard InChI is InChI=1S/C17H17N3O3S/c1-11-9-13(5-8-16(11)23-2)15-10-19-20-17(15)12-3-6-14(7-4-12)24(18,21)22/h3-10H,1-2H3,(H,19,20)(H2,18,21,22). The highest BCUT2D eigenvalue weighted by Gasteiger charge is 2.13. The second-order valence-corrected chi connectivity index (χ2v) is 6.97. The third-order valence-electron chi connectivity index (χ3n) is 3.82. The van der Waals surface area contributed by atoms with Crippen molar-refractivity contribution in [1.82, 2.24) is 10.2 Å². The first kappa shape index (κ1) is 16.2. The number of aryl methyl sites for hydroxylation is 1. The lowest BCUT2D eigenvalue weighted by molar-refractivity contribution is 0.412. The smallest absolute Gasteiger partial charge is 0.238 e. The van der Waals surface area contributed by atoms with Gasteiger partial charge in [0.25, 0.3) is 0 Å². The Bertz CT molecular complexity index is 977. The number of hydrogen-bond donors (Lipinski definition) is 2. The number of sulfonamides is 1. The van der Waals surface area contributed by atoms with E-state index >= 15 is 0 Å². The van der Waals surface area contributed by atoms with Crippen molar-refractivity contribution in [2.75, 3.05) is 7.11 Å². The van der Waals surface area contributed by atoms with E-state index in [-0.39, 0.29) is 4.90 Å². The molecule has 3 rings (SSSR count). The molecule has 0 aliphatic carbocycles. The summed E-state index contributed by atoms with van der Waals surface area (Å²) in [6, 6.07) is 12.2. The number of aromatic nitrogens is 2. The fraction of sp³-hybridized carbons (Fsp3) is 0.118. The number of H-pyrrole nitrogens is 1. The predicted molar refractivity (Wildman–Crippen MR) is 92.1 cm³/mol. The zero-order valence-electron chi connectivity index (χ0n) is 13.3. The Balaban J connectivity index is 2.03. The Kier molecular flexibility index (Phi) is 4.13. The van der Waals surface area contributed by atoms with E-state index in [4.69, 9.17) is 9.88 Å². The molecule has 0 amide bonds. The molecule has 1 aromatic heterocycles. The number of nitrogens with two attached hydrogens (primary N) is 1. The SMILES string of the molecule is COc1ccc(-c2cn[nH]c2-c2ccc(S(N)(=O)=O)cc2)cc1C. The average molecular weight is 343 g/mol. The first-order valence-corrected chi connectivity index (χ1v) is 8.76. The van der Waals surface area contributed by atoms with Crippen LogP contribution in [0.2, 0.25) is 0 Å². The van der Waals surface area contributed by atoms with Gasteiger partial charge in [-0.25, -0.2) is 13.6 Å². The summed E-state index contributed by atoms with van der Waals surface area (Å²) in [4.78, 5) is 0.0765. The second-order valence-electron chi connectivity index (χ2n) is 5.41. The van der Waals surface area contributed by atoms with E-state index in [1.807, 2.05) is 25.1 Å². The van der Waals surface area contributed by atoms with Crippen LogP contribution in [0.15, 0.2) is 53.6 Å². The summed E-state index contributed by atoms with van der Waals surface area (Å²) in [6.45, 7) is 1.98. The van der Waals surface area contributed by atoms with Crippen LogP contribution < -0.4 is 9.88 Å². The minimum atomic E-state index is -3.70. The maximum Gasteiger partial charge on any atom is 0.238 e. The molecule has 0 fully saturated rings. The predicted octanol–water partition coefficient (Wildman–Crippen LogP) is 2.71. The maximum atomic E-state index is 11.4. The molecule has 7 heteroatoms. The monoisotopic (exact) mass is 343 g/mol. The first-order chi connectivity index (χ1) is 11.4. The summed E-state index contributed by atoms with van der Waals surface area (Å²) >= 11 is 0. The minimum absolute atomic E-state index is 0.0765. The Hall–Kier alpha value is -2.64. The molecule has 6 nitrogen and oxygen atoms in total. The van der Waals surface area contributed by atoms with Gasteiger partial charge < -0.3 is 4.74 Å². The molecular weight excluding hydrogens is 326 g/mol. The molecule has 0 bridgehead atoms. The number of ether oxygens (including phenoxy) is 1. The maximum absolute atomic E-state index is 11.4. The van der Waals surface area contributed by atoms with Crippen molar-refractivity contribution in [3.63, 3.8) is 0 Å². The largest absolute Gasteiger partial charge is 0.496 e. The number of nitrogens with zero attached hydrogens (tertiary/aromatic N) is 1. The molecule has 124 valence electrons. The van der Waals surface area contributed by atoms with E-state index in [0.29, 0.717) is 0 Å².